The van der Waals surface area contributed by atoms with Crippen molar-refractivity contribution < 1.29 is 5.11 Å². The van der Waals surface area contributed by atoms with Crippen molar-refractivity contribution in [1.82, 2.24) is 4.90 Å². The van der Waals surface area contributed by atoms with Crippen LogP contribution in [0, 0.1) is 5.92 Å². The smallest absolute Gasteiger partial charge is 0.120 e. The van der Waals surface area contributed by atoms with Gasteiger partial charge in [-0.05, 0) is 49.9 Å². The summed E-state index contributed by atoms with van der Waals surface area (Å²) in [6.07, 6.45) is 6.56. The maximum atomic E-state index is 10.1. The van der Waals surface area contributed by atoms with E-state index in [-0.39, 0.29) is 0 Å². The highest BCUT2D eigenvalue weighted by Crippen LogP contribution is 2.29. The van der Waals surface area contributed by atoms with Crippen molar-refractivity contribution in [2.24, 2.45) is 5.92 Å². The zero-order valence-corrected chi connectivity index (χ0v) is 14.2. The van der Waals surface area contributed by atoms with Crippen LogP contribution in [0.1, 0.15) is 51.5 Å². The van der Waals surface area contributed by atoms with Crippen LogP contribution < -0.4 is 0 Å². The summed E-state index contributed by atoms with van der Waals surface area (Å²) in [6.45, 7) is 6.56. The van der Waals surface area contributed by atoms with Gasteiger partial charge in [0.25, 0.3) is 0 Å². The zero-order valence-electron chi connectivity index (χ0n) is 12.6. The summed E-state index contributed by atoms with van der Waals surface area (Å²) in [7, 11) is 0. The Hall–Kier alpha value is -0.540. The van der Waals surface area contributed by atoms with Crippen LogP contribution in [0.4, 0.5) is 0 Å². The summed E-state index contributed by atoms with van der Waals surface area (Å²) in [5.74, 6) is 1.15. The Morgan fingerprint density at radius 1 is 1.30 bits per heavy atom. The maximum Gasteiger partial charge on any atom is 0.120 e. The maximum absolute atomic E-state index is 10.1. The predicted molar refractivity (Wildman–Crippen MR) is 87.9 cm³/mol. The molecule has 20 heavy (non-hydrogen) atoms. The lowest BCUT2D eigenvalue weighted by Crippen LogP contribution is -2.34. The first kappa shape index (κ1) is 15.8. The van der Waals surface area contributed by atoms with Crippen LogP contribution in [0.3, 0.4) is 0 Å². The summed E-state index contributed by atoms with van der Waals surface area (Å²) < 4.78 is 1.04. The van der Waals surface area contributed by atoms with E-state index in [0.717, 1.165) is 29.0 Å². The van der Waals surface area contributed by atoms with Gasteiger partial charge in [0.15, 0.2) is 0 Å². The Kier molecular flexibility index (Phi) is 5.91. The molecule has 0 spiro atoms. The number of phenolic OH excluding ortho intramolecular Hbond substituents is 1. The molecule has 0 saturated heterocycles. The summed E-state index contributed by atoms with van der Waals surface area (Å²) >= 11 is 3.50. The van der Waals surface area contributed by atoms with Gasteiger partial charge in [-0.1, -0.05) is 42.6 Å². The van der Waals surface area contributed by atoms with Crippen molar-refractivity contribution in [3.63, 3.8) is 0 Å². The normalized spacial score (nSPS) is 16.4. The minimum absolute atomic E-state index is 0.417. The second-order valence-corrected chi connectivity index (χ2v) is 7.28. The van der Waals surface area contributed by atoms with Crippen LogP contribution in [-0.4, -0.2) is 22.6 Å². The van der Waals surface area contributed by atoms with Crippen molar-refractivity contribution in [3.05, 3.63) is 28.2 Å². The Labute approximate surface area is 131 Å². The van der Waals surface area contributed by atoms with E-state index in [2.05, 4.69) is 34.7 Å². The molecule has 0 bridgehead atoms. The van der Waals surface area contributed by atoms with Crippen molar-refractivity contribution in [1.29, 1.82) is 0 Å². The van der Waals surface area contributed by atoms with Crippen LogP contribution >= 0.6 is 15.9 Å². The molecule has 0 atom stereocenters. The first-order valence-electron chi connectivity index (χ1n) is 7.77. The molecule has 1 saturated carbocycles. The van der Waals surface area contributed by atoms with Gasteiger partial charge in [-0.3, -0.25) is 4.90 Å². The number of benzene rings is 1. The SMILES string of the molecule is CC(C)CCN(Cc1cc(Br)ccc1O)C1CCCC1. The lowest BCUT2D eigenvalue weighted by molar-refractivity contribution is 0.178. The third-order valence-electron chi connectivity index (χ3n) is 4.25. The second kappa shape index (κ2) is 7.46. The monoisotopic (exact) mass is 339 g/mol. The molecule has 0 unspecified atom stereocenters. The number of rotatable bonds is 6. The minimum atomic E-state index is 0.417. The average molecular weight is 340 g/mol. The molecule has 1 aliphatic rings. The second-order valence-electron chi connectivity index (χ2n) is 6.36. The summed E-state index contributed by atoms with van der Waals surface area (Å²) in [5, 5.41) is 10.1. The first-order chi connectivity index (χ1) is 9.56. The van der Waals surface area contributed by atoms with Gasteiger partial charge in [0.1, 0.15) is 5.75 Å². The molecule has 0 aromatic heterocycles. The summed E-state index contributed by atoms with van der Waals surface area (Å²) in [6, 6.07) is 6.43. The molecule has 0 heterocycles. The number of hydrogen-bond donors (Lipinski definition) is 1. The van der Waals surface area contributed by atoms with E-state index < -0.39 is 0 Å². The number of halogens is 1. The van der Waals surface area contributed by atoms with Crippen molar-refractivity contribution in [3.8, 4) is 5.75 Å². The fourth-order valence-corrected chi connectivity index (χ4v) is 3.39. The molecule has 1 fully saturated rings. The van der Waals surface area contributed by atoms with Gasteiger partial charge < -0.3 is 5.11 Å². The van der Waals surface area contributed by atoms with E-state index in [9.17, 15) is 5.11 Å². The fourth-order valence-electron chi connectivity index (χ4n) is 2.98. The molecule has 0 aliphatic heterocycles. The standard InChI is InChI=1S/C17H26BrNO/c1-13(2)9-10-19(16-5-3-4-6-16)12-14-11-15(18)7-8-17(14)20/h7-8,11,13,16,20H,3-6,9-10,12H2,1-2H3. The number of aromatic hydroxyl groups is 1. The number of nitrogens with zero attached hydrogens (tertiary/aromatic N) is 1. The van der Waals surface area contributed by atoms with Gasteiger partial charge >= 0.3 is 0 Å². The van der Waals surface area contributed by atoms with Gasteiger partial charge in [0.2, 0.25) is 0 Å². The predicted octanol–water partition coefficient (Wildman–Crippen LogP) is 4.95. The van der Waals surface area contributed by atoms with E-state index in [0.29, 0.717) is 11.8 Å². The minimum Gasteiger partial charge on any atom is -0.508 e. The van der Waals surface area contributed by atoms with Crippen molar-refractivity contribution in [2.45, 2.75) is 58.5 Å². The summed E-state index contributed by atoms with van der Waals surface area (Å²) in [4.78, 5) is 2.58. The Morgan fingerprint density at radius 2 is 2.00 bits per heavy atom. The van der Waals surface area contributed by atoms with Crippen LogP contribution in [0.5, 0.6) is 5.75 Å². The van der Waals surface area contributed by atoms with Crippen molar-refractivity contribution in [2.75, 3.05) is 6.54 Å². The third kappa shape index (κ3) is 4.49. The molecule has 1 aromatic rings. The summed E-state index contributed by atoms with van der Waals surface area (Å²) in [5.41, 5.74) is 1.04. The third-order valence-corrected chi connectivity index (χ3v) is 4.74. The van der Waals surface area contributed by atoms with Crippen LogP contribution in [0.25, 0.3) is 0 Å². The van der Waals surface area contributed by atoms with E-state index in [1.54, 1.807) is 6.07 Å². The van der Waals surface area contributed by atoms with E-state index >= 15 is 0 Å². The quantitative estimate of drug-likeness (QED) is 0.792. The molecule has 0 radical (unpaired) electrons. The molecule has 2 rings (SSSR count). The lowest BCUT2D eigenvalue weighted by atomic mass is 10.1. The fraction of sp³-hybridized carbons (Fsp3) is 0.647. The molecule has 3 heteroatoms. The van der Waals surface area contributed by atoms with E-state index in [1.807, 2.05) is 12.1 Å². The molecular weight excluding hydrogens is 314 g/mol. The Morgan fingerprint density at radius 3 is 2.65 bits per heavy atom. The van der Waals surface area contributed by atoms with Gasteiger partial charge in [0.05, 0.1) is 0 Å². The Bertz CT molecular complexity index is 427. The molecule has 0 amide bonds. The average Bonchev–Trinajstić information content (AvgIpc) is 2.92. The molecule has 1 aliphatic carbocycles. The van der Waals surface area contributed by atoms with E-state index in [4.69, 9.17) is 0 Å². The number of hydrogen-bond acceptors (Lipinski definition) is 2. The topological polar surface area (TPSA) is 23.5 Å². The molecule has 1 N–H and O–H groups in total. The molecule has 1 aromatic carbocycles. The van der Waals surface area contributed by atoms with Crippen LogP contribution in [0.15, 0.2) is 22.7 Å². The highest BCUT2D eigenvalue weighted by atomic mass is 79.9. The highest BCUT2D eigenvalue weighted by molar-refractivity contribution is 9.10. The zero-order chi connectivity index (χ0) is 14.5. The van der Waals surface area contributed by atoms with Gasteiger partial charge in [-0.25, -0.2) is 0 Å². The molecule has 2 nitrogen and oxygen atoms in total. The Balaban J connectivity index is 2.07. The van der Waals surface area contributed by atoms with Crippen molar-refractivity contribution >= 4 is 15.9 Å². The van der Waals surface area contributed by atoms with Crippen LogP contribution in [0.2, 0.25) is 0 Å². The van der Waals surface area contributed by atoms with Gasteiger partial charge in [-0.15, -0.1) is 0 Å². The molecular formula is C17H26BrNO. The van der Waals surface area contributed by atoms with Gasteiger partial charge in [-0.2, -0.15) is 0 Å². The molecule has 112 valence electrons. The van der Waals surface area contributed by atoms with Gasteiger partial charge in [0, 0.05) is 22.6 Å². The largest absolute Gasteiger partial charge is 0.508 e. The number of phenols is 1. The highest BCUT2D eigenvalue weighted by Gasteiger charge is 2.23. The van der Waals surface area contributed by atoms with Crippen LogP contribution in [-0.2, 0) is 6.54 Å². The first-order valence-corrected chi connectivity index (χ1v) is 8.57. The van der Waals surface area contributed by atoms with E-state index in [1.165, 1.54) is 32.1 Å². The lowest BCUT2D eigenvalue weighted by Gasteiger charge is -2.30.